The number of hydrogen-bond acceptors (Lipinski definition) is 2. The van der Waals surface area contributed by atoms with Crippen molar-refractivity contribution >= 4 is 24.9 Å². The standard InChI is InChI=1S/C14H21NO2Si/c1-11(17)15-13-7-5-12(6-8-13)14(9-10-16)18(2,3)4/h5-9,16H,10H2,1-4H3,(H,15,17)/b14-9-. The van der Waals surface area contributed by atoms with Gasteiger partial charge in [-0.1, -0.05) is 43.0 Å². The molecule has 1 rings (SSSR count). The Bertz CT molecular complexity index is 444. The summed E-state index contributed by atoms with van der Waals surface area (Å²) >= 11 is 0. The first-order valence-electron chi connectivity index (χ1n) is 6.04. The fraction of sp³-hybridized carbons (Fsp3) is 0.357. The summed E-state index contributed by atoms with van der Waals surface area (Å²) in [6.45, 7) is 8.29. The number of aliphatic hydroxyl groups is 1. The topological polar surface area (TPSA) is 49.3 Å². The minimum absolute atomic E-state index is 0.0626. The number of carbonyl (C=O) groups excluding carboxylic acids is 1. The Morgan fingerprint density at radius 3 is 2.22 bits per heavy atom. The first-order valence-corrected chi connectivity index (χ1v) is 9.54. The smallest absolute Gasteiger partial charge is 0.221 e. The van der Waals surface area contributed by atoms with Gasteiger partial charge >= 0.3 is 0 Å². The van der Waals surface area contributed by atoms with Gasteiger partial charge in [0.2, 0.25) is 5.91 Å². The predicted octanol–water partition coefficient (Wildman–Crippen LogP) is 2.90. The number of amides is 1. The highest BCUT2D eigenvalue weighted by Gasteiger charge is 2.20. The van der Waals surface area contributed by atoms with Gasteiger partial charge < -0.3 is 10.4 Å². The van der Waals surface area contributed by atoms with E-state index in [-0.39, 0.29) is 12.5 Å². The van der Waals surface area contributed by atoms with E-state index in [4.69, 9.17) is 5.11 Å². The van der Waals surface area contributed by atoms with E-state index < -0.39 is 8.07 Å². The van der Waals surface area contributed by atoms with Crippen molar-refractivity contribution in [3.05, 3.63) is 35.9 Å². The van der Waals surface area contributed by atoms with E-state index in [1.165, 1.54) is 12.1 Å². The molecular weight excluding hydrogens is 242 g/mol. The molecule has 0 unspecified atom stereocenters. The van der Waals surface area contributed by atoms with Gasteiger partial charge in [-0.3, -0.25) is 4.79 Å². The number of carbonyl (C=O) groups is 1. The van der Waals surface area contributed by atoms with Gasteiger partial charge in [-0.25, -0.2) is 0 Å². The SMILES string of the molecule is CC(=O)Nc1ccc(/C(=C/CO)[Si](C)(C)C)cc1. The fourth-order valence-electron chi connectivity index (χ4n) is 1.88. The van der Waals surface area contributed by atoms with Gasteiger partial charge in [0.15, 0.2) is 0 Å². The molecule has 3 nitrogen and oxygen atoms in total. The molecule has 0 aliphatic rings. The second-order valence-corrected chi connectivity index (χ2v) is 10.3. The number of hydrogen-bond donors (Lipinski definition) is 2. The van der Waals surface area contributed by atoms with Crippen LogP contribution in [0.4, 0.5) is 5.69 Å². The molecule has 4 heteroatoms. The number of anilines is 1. The molecule has 2 N–H and O–H groups in total. The lowest BCUT2D eigenvalue weighted by molar-refractivity contribution is -0.114. The maximum absolute atomic E-state index is 10.9. The van der Waals surface area contributed by atoms with Crippen molar-refractivity contribution in [2.75, 3.05) is 11.9 Å². The van der Waals surface area contributed by atoms with E-state index in [1.807, 2.05) is 30.3 Å². The monoisotopic (exact) mass is 263 g/mol. The Hall–Kier alpha value is -1.39. The highest BCUT2D eigenvalue weighted by Crippen LogP contribution is 2.26. The summed E-state index contributed by atoms with van der Waals surface area (Å²) in [5.74, 6) is -0.0703. The van der Waals surface area contributed by atoms with Crippen LogP contribution in [0.1, 0.15) is 12.5 Å². The average Bonchev–Trinajstić information content (AvgIpc) is 2.25. The minimum Gasteiger partial charge on any atom is -0.392 e. The van der Waals surface area contributed by atoms with Gasteiger partial charge in [0.1, 0.15) is 0 Å². The Kier molecular flexibility index (Phi) is 4.87. The summed E-state index contributed by atoms with van der Waals surface area (Å²) in [4.78, 5) is 10.9. The molecular formula is C14H21NO2Si. The van der Waals surface area contributed by atoms with Crippen molar-refractivity contribution in [1.29, 1.82) is 0 Å². The summed E-state index contributed by atoms with van der Waals surface area (Å²) in [6.07, 6.45) is 1.89. The summed E-state index contributed by atoms with van der Waals surface area (Å²) in [5, 5.41) is 13.1. The van der Waals surface area contributed by atoms with Gasteiger partial charge in [-0.2, -0.15) is 0 Å². The van der Waals surface area contributed by atoms with Crippen LogP contribution in [-0.4, -0.2) is 25.7 Å². The van der Waals surface area contributed by atoms with E-state index in [0.717, 1.165) is 11.3 Å². The highest BCUT2D eigenvalue weighted by atomic mass is 28.3. The summed E-state index contributed by atoms with van der Waals surface area (Å²) < 4.78 is 0. The molecule has 1 amide bonds. The zero-order chi connectivity index (χ0) is 13.8. The van der Waals surface area contributed by atoms with Crippen molar-refractivity contribution in [2.45, 2.75) is 26.6 Å². The highest BCUT2D eigenvalue weighted by molar-refractivity contribution is 6.93. The molecule has 0 fully saturated rings. The van der Waals surface area contributed by atoms with Gasteiger partial charge in [0, 0.05) is 12.6 Å². The molecule has 0 bridgehead atoms. The van der Waals surface area contributed by atoms with E-state index >= 15 is 0 Å². The molecule has 0 saturated carbocycles. The summed E-state index contributed by atoms with van der Waals surface area (Å²) in [6, 6.07) is 7.76. The molecule has 1 aromatic rings. The Labute approximate surface area is 110 Å². The van der Waals surface area contributed by atoms with Crippen LogP contribution in [0.15, 0.2) is 30.3 Å². The van der Waals surface area contributed by atoms with Gasteiger partial charge in [-0.05, 0) is 17.7 Å². The minimum atomic E-state index is -1.48. The fourth-order valence-corrected chi connectivity index (χ4v) is 3.62. The Morgan fingerprint density at radius 2 is 1.83 bits per heavy atom. The second kappa shape index (κ2) is 5.98. The molecule has 0 atom stereocenters. The van der Waals surface area contributed by atoms with Crippen molar-refractivity contribution in [1.82, 2.24) is 0 Å². The van der Waals surface area contributed by atoms with Crippen LogP contribution in [0.2, 0.25) is 19.6 Å². The number of aliphatic hydroxyl groups excluding tert-OH is 1. The largest absolute Gasteiger partial charge is 0.392 e. The van der Waals surface area contributed by atoms with Gasteiger partial charge in [0.05, 0.1) is 14.7 Å². The van der Waals surface area contributed by atoms with Crippen molar-refractivity contribution in [3.63, 3.8) is 0 Å². The van der Waals surface area contributed by atoms with Crippen LogP contribution in [0.5, 0.6) is 0 Å². The molecule has 98 valence electrons. The van der Waals surface area contributed by atoms with Crippen LogP contribution in [0.3, 0.4) is 0 Å². The quantitative estimate of drug-likeness (QED) is 0.821. The lowest BCUT2D eigenvalue weighted by Gasteiger charge is -2.21. The second-order valence-electron chi connectivity index (χ2n) is 5.31. The van der Waals surface area contributed by atoms with Gasteiger partial charge in [0.25, 0.3) is 0 Å². The molecule has 0 saturated heterocycles. The van der Waals surface area contributed by atoms with Crippen molar-refractivity contribution < 1.29 is 9.90 Å². The molecule has 0 heterocycles. The zero-order valence-electron chi connectivity index (χ0n) is 11.4. The van der Waals surface area contributed by atoms with E-state index in [0.29, 0.717) is 0 Å². The molecule has 0 aromatic heterocycles. The van der Waals surface area contributed by atoms with E-state index in [9.17, 15) is 4.79 Å². The number of nitrogens with one attached hydrogen (secondary N) is 1. The van der Waals surface area contributed by atoms with Crippen LogP contribution in [-0.2, 0) is 4.79 Å². The molecule has 0 radical (unpaired) electrons. The van der Waals surface area contributed by atoms with E-state index in [2.05, 4.69) is 25.0 Å². The normalized spacial score (nSPS) is 12.4. The third-order valence-corrected chi connectivity index (χ3v) is 4.73. The van der Waals surface area contributed by atoms with E-state index in [1.54, 1.807) is 0 Å². The van der Waals surface area contributed by atoms with Crippen LogP contribution >= 0.6 is 0 Å². The lowest BCUT2D eigenvalue weighted by Crippen LogP contribution is -2.23. The molecule has 18 heavy (non-hydrogen) atoms. The number of rotatable bonds is 4. The molecule has 0 spiro atoms. The van der Waals surface area contributed by atoms with Crippen LogP contribution in [0.25, 0.3) is 5.20 Å². The molecule has 1 aromatic carbocycles. The maximum Gasteiger partial charge on any atom is 0.221 e. The summed E-state index contributed by atoms with van der Waals surface area (Å²) in [7, 11) is -1.48. The predicted molar refractivity (Wildman–Crippen MR) is 79.2 cm³/mol. The third-order valence-electron chi connectivity index (χ3n) is 2.62. The maximum atomic E-state index is 10.9. The van der Waals surface area contributed by atoms with Crippen molar-refractivity contribution in [3.8, 4) is 0 Å². The third kappa shape index (κ3) is 4.12. The lowest BCUT2D eigenvalue weighted by atomic mass is 10.2. The van der Waals surface area contributed by atoms with Crippen LogP contribution in [0, 0.1) is 0 Å². The number of benzene rings is 1. The van der Waals surface area contributed by atoms with Crippen LogP contribution < -0.4 is 5.32 Å². The van der Waals surface area contributed by atoms with Gasteiger partial charge in [-0.15, -0.1) is 0 Å². The first-order chi connectivity index (χ1) is 8.34. The molecule has 0 aliphatic heterocycles. The zero-order valence-corrected chi connectivity index (χ0v) is 12.4. The Balaban J connectivity index is 3.02. The molecule has 0 aliphatic carbocycles. The Morgan fingerprint density at radius 1 is 1.28 bits per heavy atom. The summed E-state index contributed by atoms with van der Waals surface area (Å²) in [5.41, 5.74) is 1.92. The van der Waals surface area contributed by atoms with Crippen molar-refractivity contribution in [2.24, 2.45) is 0 Å². The average molecular weight is 263 g/mol. The first kappa shape index (κ1) is 14.7.